The molecule has 1 aliphatic heterocycles. The number of hydrogen-bond acceptors (Lipinski definition) is 3. The number of carbonyl (C=O) groups is 1. The van der Waals surface area contributed by atoms with Gasteiger partial charge in [-0.15, -0.1) is 24.0 Å². The van der Waals surface area contributed by atoms with E-state index in [2.05, 4.69) is 19.9 Å². The van der Waals surface area contributed by atoms with Crippen LogP contribution in [0.25, 0.3) is 0 Å². The molecule has 0 aromatic carbocycles. The molecule has 0 bridgehead atoms. The summed E-state index contributed by atoms with van der Waals surface area (Å²) in [6.45, 7) is 3.37. The first-order valence-corrected chi connectivity index (χ1v) is 8.28. The summed E-state index contributed by atoms with van der Waals surface area (Å²) in [5.41, 5.74) is 5.26. The van der Waals surface area contributed by atoms with E-state index in [0.29, 0.717) is 32.5 Å². The lowest BCUT2D eigenvalue weighted by Gasteiger charge is -2.34. The van der Waals surface area contributed by atoms with Crippen molar-refractivity contribution in [2.75, 3.05) is 39.4 Å². The van der Waals surface area contributed by atoms with E-state index in [1.807, 2.05) is 6.92 Å². The van der Waals surface area contributed by atoms with Crippen LogP contribution in [-0.2, 0) is 9.53 Å². The number of nitrogens with two attached hydrogens (primary N) is 1. The van der Waals surface area contributed by atoms with Gasteiger partial charge in [-0.2, -0.15) is 13.2 Å². The van der Waals surface area contributed by atoms with Crippen molar-refractivity contribution in [2.24, 2.45) is 16.6 Å². The number of likely N-dealkylation sites (tertiary alicyclic amines) is 1. The highest BCUT2D eigenvalue weighted by Crippen LogP contribution is 2.19. The highest BCUT2D eigenvalue weighted by atomic mass is 127. The Morgan fingerprint density at radius 3 is 2.76 bits per heavy atom. The van der Waals surface area contributed by atoms with Gasteiger partial charge in [0.1, 0.15) is 6.61 Å². The molecule has 10 heteroatoms. The van der Waals surface area contributed by atoms with Gasteiger partial charge in [-0.3, -0.25) is 9.79 Å². The molecule has 0 aliphatic carbocycles. The van der Waals surface area contributed by atoms with Crippen LogP contribution in [0.4, 0.5) is 13.2 Å². The first-order valence-electron chi connectivity index (χ1n) is 8.28. The van der Waals surface area contributed by atoms with Crippen molar-refractivity contribution in [1.82, 2.24) is 10.2 Å². The Kier molecular flexibility index (Phi) is 12.2. The highest BCUT2D eigenvalue weighted by Gasteiger charge is 2.27. The molecule has 1 saturated heterocycles. The molecule has 1 fully saturated rings. The maximum absolute atomic E-state index is 12.0. The zero-order valence-electron chi connectivity index (χ0n) is 14.5. The van der Waals surface area contributed by atoms with Crippen LogP contribution in [0.5, 0.6) is 0 Å². The number of nitrogens with one attached hydrogen (secondary N) is 1. The second kappa shape index (κ2) is 12.6. The molecule has 1 aliphatic rings. The van der Waals surface area contributed by atoms with Gasteiger partial charge in [-0.05, 0) is 32.1 Å². The predicted molar refractivity (Wildman–Crippen MR) is 101 cm³/mol. The number of alkyl halides is 3. The van der Waals surface area contributed by atoms with Gasteiger partial charge in [-0.1, -0.05) is 0 Å². The molecule has 0 aromatic rings. The Morgan fingerprint density at radius 2 is 2.16 bits per heavy atom. The SMILES string of the molecule is CCNC(=NCCCOCC(F)(F)F)N1CCCC(CC(N)=O)C1.I. The zero-order chi connectivity index (χ0) is 18.0. The van der Waals surface area contributed by atoms with E-state index in [-0.39, 0.29) is 42.4 Å². The second-order valence-electron chi connectivity index (χ2n) is 5.88. The minimum Gasteiger partial charge on any atom is -0.372 e. The van der Waals surface area contributed by atoms with Crippen molar-refractivity contribution in [3.05, 3.63) is 0 Å². The normalized spacial score (nSPS) is 18.6. The summed E-state index contributed by atoms with van der Waals surface area (Å²) in [6, 6.07) is 0. The van der Waals surface area contributed by atoms with Crippen molar-refractivity contribution in [2.45, 2.75) is 38.8 Å². The number of aliphatic imine (C=N–C) groups is 1. The minimum absolute atomic E-state index is 0. The summed E-state index contributed by atoms with van der Waals surface area (Å²) in [4.78, 5) is 17.6. The number of carbonyl (C=O) groups excluding carboxylic acids is 1. The molecule has 0 radical (unpaired) electrons. The number of halogens is 4. The summed E-state index contributed by atoms with van der Waals surface area (Å²) in [7, 11) is 0. The number of nitrogens with zero attached hydrogens (tertiary/aromatic N) is 2. The van der Waals surface area contributed by atoms with Crippen LogP contribution in [0.3, 0.4) is 0 Å². The summed E-state index contributed by atoms with van der Waals surface area (Å²) < 4.78 is 40.5. The average Bonchev–Trinajstić information content (AvgIpc) is 2.48. The molecule has 3 N–H and O–H groups in total. The van der Waals surface area contributed by atoms with E-state index in [1.165, 1.54) is 0 Å². The lowest BCUT2D eigenvalue weighted by molar-refractivity contribution is -0.173. The Morgan fingerprint density at radius 1 is 1.44 bits per heavy atom. The number of primary amides is 1. The van der Waals surface area contributed by atoms with Crippen molar-refractivity contribution in [3.8, 4) is 0 Å². The fourth-order valence-electron chi connectivity index (χ4n) is 2.67. The molecule has 148 valence electrons. The Balaban J connectivity index is 0.00000576. The summed E-state index contributed by atoms with van der Waals surface area (Å²) >= 11 is 0. The molecule has 1 atom stereocenters. The van der Waals surface area contributed by atoms with Crippen LogP contribution in [-0.4, -0.2) is 62.3 Å². The number of piperidine rings is 1. The van der Waals surface area contributed by atoms with Crippen molar-refractivity contribution >= 4 is 35.8 Å². The molecule has 6 nitrogen and oxygen atoms in total. The van der Waals surface area contributed by atoms with Gasteiger partial charge in [0, 0.05) is 39.2 Å². The van der Waals surface area contributed by atoms with Gasteiger partial charge in [-0.25, -0.2) is 0 Å². The van der Waals surface area contributed by atoms with Crippen LogP contribution in [0.2, 0.25) is 0 Å². The third-order valence-corrected chi connectivity index (χ3v) is 3.62. The maximum atomic E-state index is 12.0. The van der Waals surface area contributed by atoms with Gasteiger partial charge >= 0.3 is 6.18 Å². The number of guanidine groups is 1. The highest BCUT2D eigenvalue weighted by molar-refractivity contribution is 14.0. The standard InChI is InChI=1S/C15H27F3N4O2.HI/c1-2-20-14(21-6-4-8-24-11-15(16,17)18)22-7-3-5-12(10-22)9-13(19)23;/h12H,2-11H2,1H3,(H2,19,23)(H,20,21);1H. The Hall–Kier alpha value is -0.780. The van der Waals surface area contributed by atoms with E-state index in [0.717, 1.165) is 25.3 Å². The third-order valence-electron chi connectivity index (χ3n) is 3.62. The predicted octanol–water partition coefficient (Wildman–Crippen LogP) is 2.13. The molecule has 1 heterocycles. The molecule has 0 aromatic heterocycles. The molecule has 0 saturated carbocycles. The molecule has 25 heavy (non-hydrogen) atoms. The number of amides is 1. The Bertz CT molecular complexity index is 422. The lowest BCUT2D eigenvalue weighted by Crippen LogP contribution is -2.47. The van der Waals surface area contributed by atoms with Crippen LogP contribution in [0.15, 0.2) is 4.99 Å². The summed E-state index contributed by atoms with van der Waals surface area (Å²) in [5, 5.41) is 3.18. The summed E-state index contributed by atoms with van der Waals surface area (Å²) in [6.07, 6.45) is -1.59. The quantitative estimate of drug-likeness (QED) is 0.242. The van der Waals surface area contributed by atoms with Crippen LogP contribution < -0.4 is 11.1 Å². The molecule has 0 spiro atoms. The smallest absolute Gasteiger partial charge is 0.372 e. The first kappa shape index (κ1) is 24.2. The van der Waals surface area contributed by atoms with Crippen LogP contribution >= 0.6 is 24.0 Å². The van der Waals surface area contributed by atoms with Crippen LogP contribution in [0, 0.1) is 5.92 Å². The third kappa shape index (κ3) is 11.4. The molecule has 1 amide bonds. The van der Waals surface area contributed by atoms with Gasteiger partial charge in [0.05, 0.1) is 0 Å². The van der Waals surface area contributed by atoms with E-state index in [9.17, 15) is 18.0 Å². The molecular weight excluding hydrogens is 452 g/mol. The molecule has 1 unspecified atom stereocenters. The van der Waals surface area contributed by atoms with E-state index >= 15 is 0 Å². The van der Waals surface area contributed by atoms with Crippen LogP contribution in [0.1, 0.15) is 32.6 Å². The average molecular weight is 480 g/mol. The zero-order valence-corrected chi connectivity index (χ0v) is 16.8. The van der Waals surface area contributed by atoms with E-state index in [4.69, 9.17) is 5.73 Å². The van der Waals surface area contributed by atoms with Gasteiger partial charge < -0.3 is 20.7 Å². The van der Waals surface area contributed by atoms with Gasteiger partial charge in [0.15, 0.2) is 5.96 Å². The number of rotatable bonds is 8. The maximum Gasteiger partial charge on any atom is 0.411 e. The van der Waals surface area contributed by atoms with E-state index in [1.54, 1.807) is 0 Å². The topological polar surface area (TPSA) is 80.0 Å². The first-order chi connectivity index (χ1) is 11.3. The van der Waals surface area contributed by atoms with E-state index < -0.39 is 12.8 Å². The fourth-order valence-corrected chi connectivity index (χ4v) is 2.67. The Labute approximate surface area is 163 Å². The monoisotopic (exact) mass is 480 g/mol. The fraction of sp³-hybridized carbons (Fsp3) is 0.867. The molecule has 1 rings (SSSR count). The van der Waals surface area contributed by atoms with Crippen molar-refractivity contribution in [3.63, 3.8) is 0 Å². The van der Waals surface area contributed by atoms with Crippen molar-refractivity contribution in [1.29, 1.82) is 0 Å². The van der Waals surface area contributed by atoms with Crippen molar-refractivity contribution < 1.29 is 22.7 Å². The van der Waals surface area contributed by atoms with Gasteiger partial charge in [0.25, 0.3) is 0 Å². The number of hydrogen-bond donors (Lipinski definition) is 2. The minimum atomic E-state index is -4.29. The summed E-state index contributed by atoms with van der Waals surface area (Å²) in [5.74, 6) is 0.642. The number of ether oxygens (including phenoxy) is 1. The lowest BCUT2D eigenvalue weighted by atomic mass is 9.95. The molecular formula is C15H28F3IN4O2. The largest absolute Gasteiger partial charge is 0.411 e. The van der Waals surface area contributed by atoms with Gasteiger partial charge in [0.2, 0.25) is 5.91 Å². The second-order valence-corrected chi connectivity index (χ2v) is 5.88.